The monoisotopic (exact) mass is 155 g/mol. The van der Waals surface area contributed by atoms with Crippen molar-refractivity contribution in [2.45, 2.75) is 13.5 Å². The predicted molar refractivity (Wildman–Crippen MR) is 43.3 cm³/mol. The van der Waals surface area contributed by atoms with E-state index in [1.807, 2.05) is 18.9 Å². The van der Waals surface area contributed by atoms with Gasteiger partial charge < -0.3 is 15.1 Å². The molecule has 0 bridgehead atoms. The topological polar surface area (TPSA) is 55.3 Å². The lowest BCUT2D eigenvalue weighted by molar-refractivity contribution is 0.547. The van der Waals surface area contributed by atoms with Crippen molar-refractivity contribution in [3.8, 4) is 0 Å². The number of nitrogens with two attached hydrogens (primary N) is 1. The smallest absolute Gasteiger partial charge is 0.297 e. The van der Waals surface area contributed by atoms with Crippen LogP contribution in [-0.4, -0.2) is 18.6 Å². The summed E-state index contributed by atoms with van der Waals surface area (Å²) in [5.74, 6) is 0. The largest absolute Gasteiger partial charge is 0.432 e. The Kier molecular flexibility index (Phi) is 2.48. The molecule has 0 amide bonds. The zero-order valence-electron chi connectivity index (χ0n) is 6.87. The lowest BCUT2D eigenvalue weighted by atomic mass is 10.5. The van der Waals surface area contributed by atoms with Crippen LogP contribution in [0.1, 0.15) is 12.6 Å². The molecule has 4 nitrogen and oxygen atoms in total. The lowest BCUT2D eigenvalue weighted by Crippen LogP contribution is -2.16. The van der Waals surface area contributed by atoms with Crippen molar-refractivity contribution in [1.82, 2.24) is 4.98 Å². The van der Waals surface area contributed by atoms with E-state index in [1.54, 1.807) is 6.26 Å². The summed E-state index contributed by atoms with van der Waals surface area (Å²) in [6.45, 7) is 3.35. The van der Waals surface area contributed by atoms with Crippen molar-refractivity contribution in [3.05, 3.63) is 12.0 Å². The molecule has 1 aromatic rings. The van der Waals surface area contributed by atoms with E-state index in [0.29, 0.717) is 12.6 Å². The zero-order valence-corrected chi connectivity index (χ0v) is 6.87. The summed E-state index contributed by atoms with van der Waals surface area (Å²) in [4.78, 5) is 6.05. The number of aromatic nitrogens is 1. The molecule has 11 heavy (non-hydrogen) atoms. The third kappa shape index (κ3) is 1.71. The van der Waals surface area contributed by atoms with Gasteiger partial charge in [0.25, 0.3) is 6.01 Å². The van der Waals surface area contributed by atoms with E-state index in [1.165, 1.54) is 0 Å². The zero-order chi connectivity index (χ0) is 8.27. The van der Waals surface area contributed by atoms with Gasteiger partial charge in [0, 0.05) is 20.1 Å². The van der Waals surface area contributed by atoms with Gasteiger partial charge in [-0.15, -0.1) is 0 Å². The van der Waals surface area contributed by atoms with Crippen LogP contribution in [0.4, 0.5) is 6.01 Å². The van der Waals surface area contributed by atoms with E-state index in [9.17, 15) is 0 Å². The van der Waals surface area contributed by atoms with Gasteiger partial charge in [-0.05, 0) is 6.92 Å². The molecule has 1 aromatic heterocycles. The number of anilines is 1. The Hall–Kier alpha value is -1.03. The minimum absolute atomic E-state index is 0.432. The first-order valence-electron chi connectivity index (χ1n) is 3.63. The first-order chi connectivity index (χ1) is 5.27. The Morgan fingerprint density at radius 1 is 1.73 bits per heavy atom. The predicted octanol–water partition coefficient (Wildman–Crippen LogP) is 0.589. The van der Waals surface area contributed by atoms with Crippen molar-refractivity contribution in [2.75, 3.05) is 18.5 Å². The van der Waals surface area contributed by atoms with Crippen LogP contribution < -0.4 is 10.6 Å². The molecule has 62 valence electrons. The van der Waals surface area contributed by atoms with Gasteiger partial charge in [-0.2, -0.15) is 4.98 Å². The van der Waals surface area contributed by atoms with Crippen LogP contribution in [0, 0.1) is 0 Å². The number of hydrogen-bond acceptors (Lipinski definition) is 4. The van der Waals surface area contributed by atoms with Crippen LogP contribution in [0.15, 0.2) is 10.7 Å². The highest BCUT2D eigenvalue weighted by molar-refractivity contribution is 5.24. The quantitative estimate of drug-likeness (QED) is 0.694. The van der Waals surface area contributed by atoms with Crippen molar-refractivity contribution < 1.29 is 4.42 Å². The lowest BCUT2D eigenvalue weighted by Gasteiger charge is -2.09. The summed E-state index contributed by atoms with van der Waals surface area (Å²) in [6, 6.07) is 0.632. The average molecular weight is 155 g/mol. The van der Waals surface area contributed by atoms with E-state index in [-0.39, 0.29) is 0 Å². The molecule has 0 unspecified atom stereocenters. The van der Waals surface area contributed by atoms with Gasteiger partial charge in [-0.1, -0.05) is 0 Å². The average Bonchev–Trinajstić information content (AvgIpc) is 2.50. The Bertz CT molecular complexity index is 221. The molecule has 0 aliphatic rings. The maximum atomic E-state index is 5.36. The normalized spacial score (nSPS) is 10.1. The summed E-state index contributed by atoms with van der Waals surface area (Å²) in [5, 5.41) is 0. The maximum Gasteiger partial charge on any atom is 0.297 e. The molecule has 0 aliphatic carbocycles. The molecule has 2 N–H and O–H groups in total. The minimum Gasteiger partial charge on any atom is -0.432 e. The molecular formula is C7H13N3O. The Morgan fingerprint density at radius 2 is 2.45 bits per heavy atom. The van der Waals surface area contributed by atoms with Crippen molar-refractivity contribution in [3.63, 3.8) is 0 Å². The van der Waals surface area contributed by atoms with Crippen LogP contribution in [-0.2, 0) is 6.54 Å². The van der Waals surface area contributed by atoms with Crippen LogP contribution in [0.3, 0.4) is 0 Å². The van der Waals surface area contributed by atoms with E-state index in [0.717, 1.165) is 12.2 Å². The molecule has 0 aromatic carbocycles. The third-order valence-electron chi connectivity index (χ3n) is 1.55. The van der Waals surface area contributed by atoms with Crippen LogP contribution in [0.2, 0.25) is 0 Å². The fraction of sp³-hybridized carbons (Fsp3) is 0.571. The third-order valence-corrected chi connectivity index (χ3v) is 1.55. The molecule has 0 fully saturated rings. The standard InChI is InChI=1S/C7H13N3O/c1-3-10(2)7-9-6(4-8)5-11-7/h5H,3-4,8H2,1-2H3. The molecule has 0 atom stereocenters. The van der Waals surface area contributed by atoms with Gasteiger partial charge in [0.2, 0.25) is 0 Å². The highest BCUT2D eigenvalue weighted by Crippen LogP contribution is 2.10. The van der Waals surface area contributed by atoms with Crippen LogP contribution in [0.5, 0.6) is 0 Å². The second-order valence-corrected chi connectivity index (χ2v) is 2.34. The summed E-state index contributed by atoms with van der Waals surface area (Å²) >= 11 is 0. The summed E-state index contributed by atoms with van der Waals surface area (Å²) in [7, 11) is 1.92. The molecule has 1 rings (SSSR count). The van der Waals surface area contributed by atoms with E-state index >= 15 is 0 Å². The molecular weight excluding hydrogens is 142 g/mol. The molecule has 0 aliphatic heterocycles. The van der Waals surface area contributed by atoms with Crippen molar-refractivity contribution >= 4 is 6.01 Å². The Morgan fingerprint density at radius 3 is 2.91 bits per heavy atom. The molecule has 0 saturated carbocycles. The molecule has 1 heterocycles. The number of nitrogens with zero attached hydrogens (tertiary/aromatic N) is 2. The van der Waals surface area contributed by atoms with E-state index in [2.05, 4.69) is 4.98 Å². The van der Waals surface area contributed by atoms with Gasteiger partial charge in [-0.3, -0.25) is 0 Å². The second kappa shape index (κ2) is 3.39. The van der Waals surface area contributed by atoms with Crippen molar-refractivity contribution in [1.29, 1.82) is 0 Å². The first-order valence-corrected chi connectivity index (χ1v) is 3.63. The second-order valence-electron chi connectivity index (χ2n) is 2.34. The summed E-state index contributed by atoms with van der Waals surface area (Å²) < 4.78 is 5.14. The maximum absolute atomic E-state index is 5.36. The fourth-order valence-electron chi connectivity index (χ4n) is 0.701. The van der Waals surface area contributed by atoms with Crippen LogP contribution in [0.25, 0.3) is 0 Å². The summed E-state index contributed by atoms with van der Waals surface area (Å²) in [6.07, 6.45) is 1.58. The highest BCUT2D eigenvalue weighted by Gasteiger charge is 2.04. The molecule has 4 heteroatoms. The van der Waals surface area contributed by atoms with E-state index in [4.69, 9.17) is 10.2 Å². The molecule has 0 spiro atoms. The highest BCUT2D eigenvalue weighted by atomic mass is 16.4. The molecule has 0 saturated heterocycles. The van der Waals surface area contributed by atoms with Gasteiger partial charge in [0.1, 0.15) is 6.26 Å². The number of hydrogen-bond donors (Lipinski definition) is 1. The van der Waals surface area contributed by atoms with Crippen LogP contribution >= 0.6 is 0 Å². The van der Waals surface area contributed by atoms with Gasteiger partial charge >= 0.3 is 0 Å². The Labute approximate surface area is 66.0 Å². The van der Waals surface area contributed by atoms with Gasteiger partial charge in [0.05, 0.1) is 5.69 Å². The van der Waals surface area contributed by atoms with E-state index < -0.39 is 0 Å². The minimum atomic E-state index is 0.432. The van der Waals surface area contributed by atoms with Gasteiger partial charge in [-0.25, -0.2) is 0 Å². The fourth-order valence-corrected chi connectivity index (χ4v) is 0.701. The van der Waals surface area contributed by atoms with Gasteiger partial charge in [0.15, 0.2) is 0 Å². The SMILES string of the molecule is CCN(C)c1nc(CN)co1. The number of rotatable bonds is 3. The van der Waals surface area contributed by atoms with Crippen molar-refractivity contribution in [2.24, 2.45) is 5.73 Å². The molecule has 0 radical (unpaired) electrons. The number of oxazole rings is 1. The first kappa shape index (κ1) is 8.07. The summed E-state index contributed by atoms with van der Waals surface area (Å²) in [5.41, 5.74) is 6.16. The Balaban J connectivity index is 2.71.